The van der Waals surface area contributed by atoms with Crippen molar-refractivity contribution in [1.29, 1.82) is 0 Å². The number of carboxylic acids is 1. The molecule has 0 rings (SSSR count). The molecule has 0 fully saturated rings. The van der Waals surface area contributed by atoms with Gasteiger partial charge in [0.25, 0.3) is 0 Å². The molecule has 156 valence electrons. The van der Waals surface area contributed by atoms with Gasteiger partial charge in [-0.2, -0.15) is 0 Å². The fraction of sp³-hybridized carbons (Fsp3) is 0.750. The van der Waals surface area contributed by atoms with E-state index in [1.807, 2.05) is 0 Å². The molecule has 0 radical (unpaired) electrons. The quantitative estimate of drug-likeness (QED) is 0.161. The molecule has 3 N–H and O–H groups in total. The first-order valence-corrected chi connectivity index (χ1v) is 9.88. The van der Waals surface area contributed by atoms with E-state index in [1.165, 1.54) is 51.0 Å². The van der Waals surface area contributed by atoms with Gasteiger partial charge < -0.3 is 20.1 Å². The fourth-order valence-electron chi connectivity index (χ4n) is 2.60. The summed E-state index contributed by atoms with van der Waals surface area (Å²) in [4.78, 5) is 34.0. The molecular weight excluding hydrogens is 352 g/mol. The number of rotatable bonds is 16. The summed E-state index contributed by atoms with van der Waals surface area (Å²) in [6, 6.07) is 0. The zero-order valence-electron chi connectivity index (χ0n) is 16.3. The molecule has 0 aliphatic rings. The molecule has 0 spiro atoms. The summed E-state index contributed by atoms with van der Waals surface area (Å²) in [5, 5.41) is 26.6. The molecule has 0 aromatic heterocycles. The molecule has 0 aliphatic carbocycles. The lowest BCUT2D eigenvalue weighted by Gasteiger charge is -2.08. The molecule has 1 atom stereocenters. The largest absolute Gasteiger partial charge is 0.481 e. The molecule has 7 heteroatoms. The van der Waals surface area contributed by atoms with E-state index in [0.29, 0.717) is 6.42 Å². The lowest BCUT2D eigenvalue weighted by atomic mass is 10.0. The van der Waals surface area contributed by atoms with Crippen LogP contribution >= 0.6 is 0 Å². The Hall–Kier alpha value is -1.73. The zero-order chi connectivity index (χ0) is 20.5. The predicted molar refractivity (Wildman–Crippen MR) is 101 cm³/mol. The molecule has 0 aromatic carbocycles. The Labute approximate surface area is 161 Å². The lowest BCUT2D eigenvalue weighted by molar-refractivity contribution is -0.165. The monoisotopic (exact) mass is 386 g/mol. The van der Waals surface area contributed by atoms with E-state index >= 15 is 0 Å². The number of esters is 2. The minimum absolute atomic E-state index is 0.128. The number of aliphatic hydroxyl groups excluding tert-OH is 2. The average molecular weight is 386 g/mol. The molecule has 0 saturated heterocycles. The number of aliphatic hydroxyl groups is 2. The van der Waals surface area contributed by atoms with E-state index in [4.69, 9.17) is 15.3 Å². The first-order chi connectivity index (χ1) is 12.9. The van der Waals surface area contributed by atoms with Crippen LogP contribution in [0.3, 0.4) is 0 Å². The maximum Gasteiger partial charge on any atom is 0.345 e. The van der Waals surface area contributed by atoms with Crippen LogP contribution in [0.1, 0.15) is 84.0 Å². The van der Waals surface area contributed by atoms with E-state index < -0.39 is 37.0 Å². The molecule has 27 heavy (non-hydrogen) atoms. The van der Waals surface area contributed by atoms with Crippen molar-refractivity contribution < 1.29 is 34.4 Å². The fourth-order valence-corrected chi connectivity index (χ4v) is 2.60. The van der Waals surface area contributed by atoms with E-state index in [-0.39, 0.29) is 5.57 Å². The molecule has 0 saturated carbocycles. The summed E-state index contributed by atoms with van der Waals surface area (Å²) < 4.78 is 4.40. The Morgan fingerprint density at radius 2 is 1.44 bits per heavy atom. The Morgan fingerprint density at radius 1 is 0.926 bits per heavy atom. The van der Waals surface area contributed by atoms with Crippen molar-refractivity contribution in [2.24, 2.45) is 0 Å². The number of hydrogen-bond acceptors (Lipinski definition) is 6. The van der Waals surface area contributed by atoms with Crippen molar-refractivity contribution >= 4 is 17.9 Å². The second-order valence-electron chi connectivity index (χ2n) is 6.68. The standard InChI is InChI=1S/C20H34O7/c1-2-3-4-5-6-7-8-9-10-11-12-13-16(14-18(23)24)19(25)27-20(26)17(22)15-21/h13,17,21-22H,2-12,14-15H2,1H3,(H,23,24). The maximum absolute atomic E-state index is 11.9. The van der Waals surface area contributed by atoms with Crippen molar-refractivity contribution in [2.75, 3.05) is 6.61 Å². The van der Waals surface area contributed by atoms with Crippen molar-refractivity contribution in [3.63, 3.8) is 0 Å². The molecule has 0 amide bonds. The van der Waals surface area contributed by atoms with Gasteiger partial charge in [0.1, 0.15) is 0 Å². The molecule has 0 bridgehead atoms. The van der Waals surface area contributed by atoms with Gasteiger partial charge in [0.15, 0.2) is 6.10 Å². The average Bonchev–Trinajstić information content (AvgIpc) is 2.63. The highest BCUT2D eigenvalue weighted by molar-refractivity contribution is 5.99. The second-order valence-corrected chi connectivity index (χ2v) is 6.68. The third-order valence-electron chi connectivity index (χ3n) is 4.19. The topological polar surface area (TPSA) is 121 Å². The first kappa shape index (κ1) is 25.3. The van der Waals surface area contributed by atoms with Crippen LogP contribution in [-0.4, -0.2) is 45.9 Å². The normalized spacial score (nSPS) is 12.6. The highest BCUT2D eigenvalue weighted by atomic mass is 16.6. The molecule has 0 heterocycles. The van der Waals surface area contributed by atoms with Gasteiger partial charge in [-0.1, -0.05) is 70.8 Å². The predicted octanol–water partition coefficient (Wildman–Crippen LogP) is 3.12. The zero-order valence-corrected chi connectivity index (χ0v) is 16.3. The van der Waals surface area contributed by atoms with Crippen LogP contribution in [-0.2, 0) is 19.1 Å². The van der Waals surface area contributed by atoms with E-state index in [9.17, 15) is 14.4 Å². The molecular formula is C20H34O7. The smallest absolute Gasteiger partial charge is 0.345 e. The van der Waals surface area contributed by atoms with Gasteiger partial charge >= 0.3 is 17.9 Å². The Kier molecular flexibility index (Phi) is 15.4. The second kappa shape index (κ2) is 16.4. The highest BCUT2D eigenvalue weighted by Crippen LogP contribution is 2.13. The van der Waals surface area contributed by atoms with E-state index in [2.05, 4.69) is 11.7 Å². The number of ether oxygens (including phenoxy) is 1. The van der Waals surface area contributed by atoms with Gasteiger partial charge in [0.2, 0.25) is 0 Å². The third-order valence-corrected chi connectivity index (χ3v) is 4.19. The highest BCUT2D eigenvalue weighted by Gasteiger charge is 2.22. The van der Waals surface area contributed by atoms with Crippen molar-refractivity contribution in [3.8, 4) is 0 Å². The van der Waals surface area contributed by atoms with Crippen LogP contribution in [0.25, 0.3) is 0 Å². The van der Waals surface area contributed by atoms with Crippen molar-refractivity contribution in [1.82, 2.24) is 0 Å². The summed E-state index contributed by atoms with van der Waals surface area (Å²) in [6.45, 7) is 1.33. The number of carbonyl (C=O) groups is 3. The lowest BCUT2D eigenvalue weighted by Crippen LogP contribution is -2.29. The SMILES string of the molecule is CCCCCCCCCCCCC=C(CC(=O)O)C(=O)OC(=O)C(O)CO. The van der Waals surface area contributed by atoms with Gasteiger partial charge in [-0.25, -0.2) is 9.59 Å². The van der Waals surface area contributed by atoms with Crippen LogP contribution in [0.5, 0.6) is 0 Å². The van der Waals surface area contributed by atoms with E-state index in [0.717, 1.165) is 19.3 Å². The molecule has 0 aliphatic heterocycles. The van der Waals surface area contributed by atoms with Crippen LogP contribution in [0.15, 0.2) is 11.6 Å². The number of hydrogen-bond donors (Lipinski definition) is 3. The summed E-state index contributed by atoms with van der Waals surface area (Å²) >= 11 is 0. The van der Waals surface area contributed by atoms with Crippen LogP contribution < -0.4 is 0 Å². The van der Waals surface area contributed by atoms with Gasteiger partial charge in [-0.3, -0.25) is 4.79 Å². The van der Waals surface area contributed by atoms with E-state index in [1.54, 1.807) is 0 Å². The summed E-state index contributed by atoms with van der Waals surface area (Å²) in [7, 11) is 0. The first-order valence-electron chi connectivity index (χ1n) is 9.88. The van der Waals surface area contributed by atoms with Gasteiger partial charge in [0, 0.05) is 5.57 Å². The van der Waals surface area contributed by atoms with Gasteiger partial charge in [-0.05, 0) is 12.8 Å². The molecule has 0 aromatic rings. The van der Waals surface area contributed by atoms with Gasteiger partial charge in [0.05, 0.1) is 13.0 Å². The van der Waals surface area contributed by atoms with Crippen LogP contribution in [0, 0.1) is 0 Å². The maximum atomic E-state index is 11.9. The summed E-state index contributed by atoms with van der Waals surface area (Å²) in [5.74, 6) is -3.60. The third kappa shape index (κ3) is 14.0. The van der Waals surface area contributed by atoms with Crippen LogP contribution in [0.4, 0.5) is 0 Å². The summed E-state index contributed by atoms with van der Waals surface area (Å²) in [6.07, 6.45) is 11.3. The molecule has 7 nitrogen and oxygen atoms in total. The Balaban J connectivity index is 4.13. The van der Waals surface area contributed by atoms with Crippen LogP contribution in [0.2, 0.25) is 0 Å². The summed E-state index contributed by atoms with van der Waals surface area (Å²) in [5.41, 5.74) is -0.128. The van der Waals surface area contributed by atoms with Gasteiger partial charge in [-0.15, -0.1) is 0 Å². The molecule has 1 unspecified atom stereocenters. The van der Waals surface area contributed by atoms with Crippen molar-refractivity contribution in [3.05, 3.63) is 11.6 Å². The number of carboxylic acid groups (broad SMARTS) is 1. The Bertz CT molecular complexity index is 471. The number of carbonyl (C=O) groups excluding carboxylic acids is 2. The Morgan fingerprint density at radius 3 is 1.93 bits per heavy atom. The minimum Gasteiger partial charge on any atom is -0.481 e. The minimum atomic E-state index is -1.82. The number of unbranched alkanes of at least 4 members (excludes halogenated alkanes) is 10. The number of aliphatic carboxylic acids is 1. The van der Waals surface area contributed by atoms with Crippen molar-refractivity contribution in [2.45, 2.75) is 90.1 Å². The number of allylic oxidation sites excluding steroid dienone is 1.